The van der Waals surface area contributed by atoms with Crippen LogP contribution in [0.25, 0.3) is 10.8 Å². The second kappa shape index (κ2) is 5.23. The molecule has 2 aliphatic rings. The number of rotatable bonds is 3. The van der Waals surface area contributed by atoms with E-state index in [1.165, 1.54) is 0 Å². The van der Waals surface area contributed by atoms with Crippen LogP contribution in [0.4, 0.5) is 5.69 Å². The van der Waals surface area contributed by atoms with Gasteiger partial charge in [-0.15, -0.1) is 0 Å². The molecule has 1 fully saturated rings. The zero-order chi connectivity index (χ0) is 16.0. The maximum absolute atomic E-state index is 12.6. The van der Waals surface area contributed by atoms with Crippen LogP contribution in [-0.2, 0) is 9.59 Å². The second-order valence-corrected chi connectivity index (χ2v) is 6.39. The van der Waals surface area contributed by atoms with Gasteiger partial charge >= 0.3 is 5.97 Å². The predicted octanol–water partition coefficient (Wildman–Crippen LogP) is 3.30. The Morgan fingerprint density at radius 1 is 0.957 bits per heavy atom. The first-order valence-electron chi connectivity index (χ1n) is 7.84. The van der Waals surface area contributed by atoms with Crippen LogP contribution in [0.2, 0.25) is 0 Å². The van der Waals surface area contributed by atoms with Crippen molar-refractivity contribution in [2.24, 2.45) is 23.7 Å². The number of hydrogen-bond acceptors (Lipinski definition) is 2. The molecule has 0 saturated heterocycles. The third-order valence-corrected chi connectivity index (χ3v) is 5.06. The number of benzene rings is 2. The molecule has 4 atom stereocenters. The highest BCUT2D eigenvalue weighted by atomic mass is 16.4. The van der Waals surface area contributed by atoms with Crippen molar-refractivity contribution in [2.45, 2.75) is 6.42 Å². The number of carbonyl (C=O) groups is 2. The summed E-state index contributed by atoms with van der Waals surface area (Å²) in [4.78, 5) is 24.2. The highest BCUT2D eigenvalue weighted by Gasteiger charge is 2.51. The Balaban J connectivity index is 1.59. The topological polar surface area (TPSA) is 66.4 Å². The minimum Gasteiger partial charge on any atom is -0.481 e. The molecule has 2 N–H and O–H groups in total. The van der Waals surface area contributed by atoms with Gasteiger partial charge in [-0.1, -0.05) is 42.5 Å². The predicted molar refractivity (Wildman–Crippen MR) is 87.9 cm³/mol. The fourth-order valence-electron chi connectivity index (χ4n) is 4.01. The number of hydrogen-bond donors (Lipinski definition) is 2. The van der Waals surface area contributed by atoms with E-state index in [0.29, 0.717) is 5.69 Å². The summed E-state index contributed by atoms with van der Waals surface area (Å²) < 4.78 is 0. The van der Waals surface area contributed by atoms with Gasteiger partial charge in [-0.3, -0.25) is 9.59 Å². The molecule has 0 radical (unpaired) electrons. The number of nitrogens with one attached hydrogen (secondary N) is 1. The minimum atomic E-state index is -0.875. The van der Waals surface area contributed by atoms with Gasteiger partial charge in [0, 0.05) is 5.69 Å². The molecule has 1 saturated carbocycles. The summed E-state index contributed by atoms with van der Waals surface area (Å²) in [6.45, 7) is 0. The van der Waals surface area contributed by atoms with Crippen LogP contribution >= 0.6 is 0 Å². The van der Waals surface area contributed by atoms with Crippen molar-refractivity contribution >= 4 is 28.3 Å². The maximum atomic E-state index is 12.6. The molecule has 0 aliphatic heterocycles. The maximum Gasteiger partial charge on any atom is 0.307 e. The summed E-state index contributed by atoms with van der Waals surface area (Å²) in [5.41, 5.74) is 0.713. The van der Waals surface area contributed by atoms with Gasteiger partial charge in [0.05, 0.1) is 11.8 Å². The third kappa shape index (κ3) is 2.31. The van der Waals surface area contributed by atoms with Crippen molar-refractivity contribution in [3.63, 3.8) is 0 Å². The summed E-state index contributed by atoms with van der Waals surface area (Å²) in [5, 5.41) is 14.5. The first kappa shape index (κ1) is 14.0. The van der Waals surface area contributed by atoms with Crippen molar-refractivity contribution in [1.82, 2.24) is 0 Å². The molecule has 4 unspecified atom stereocenters. The average Bonchev–Trinajstić information content (AvgIpc) is 3.15. The smallest absolute Gasteiger partial charge is 0.307 e. The molecule has 2 bridgehead atoms. The Labute approximate surface area is 133 Å². The first-order valence-corrected chi connectivity index (χ1v) is 7.84. The molecule has 4 rings (SSSR count). The average molecular weight is 307 g/mol. The molecular formula is C19H17NO3. The molecule has 0 aromatic heterocycles. The molecular weight excluding hydrogens is 290 g/mol. The quantitative estimate of drug-likeness (QED) is 0.855. The molecule has 4 nitrogen and oxygen atoms in total. The Morgan fingerprint density at radius 3 is 2.39 bits per heavy atom. The summed E-state index contributed by atoms with van der Waals surface area (Å²) in [6, 6.07) is 13.7. The Kier molecular flexibility index (Phi) is 3.18. The lowest BCUT2D eigenvalue weighted by atomic mass is 9.82. The molecule has 4 heteroatoms. The van der Waals surface area contributed by atoms with Crippen molar-refractivity contribution < 1.29 is 14.7 Å². The van der Waals surface area contributed by atoms with Gasteiger partial charge in [-0.25, -0.2) is 0 Å². The van der Waals surface area contributed by atoms with E-state index in [1.807, 2.05) is 54.6 Å². The first-order chi connectivity index (χ1) is 11.1. The molecule has 116 valence electrons. The molecule has 2 aromatic carbocycles. The van der Waals surface area contributed by atoms with Gasteiger partial charge < -0.3 is 10.4 Å². The lowest BCUT2D eigenvalue weighted by Gasteiger charge is -2.23. The van der Waals surface area contributed by atoms with E-state index in [1.54, 1.807) is 0 Å². The monoisotopic (exact) mass is 307 g/mol. The Hall–Kier alpha value is -2.62. The zero-order valence-corrected chi connectivity index (χ0v) is 12.5. The Bertz CT molecular complexity index is 826. The number of anilines is 1. The van der Waals surface area contributed by atoms with Crippen molar-refractivity contribution in [3.8, 4) is 0 Å². The molecule has 0 heterocycles. The van der Waals surface area contributed by atoms with E-state index in [0.717, 1.165) is 17.2 Å². The van der Waals surface area contributed by atoms with Crippen molar-refractivity contribution in [1.29, 1.82) is 0 Å². The standard InChI is InChI=1S/C19H17NO3/c21-18(16-13-5-6-14(9-13)17(16)19(22)23)20-15-8-7-11-3-1-2-4-12(11)10-15/h1-8,10,13-14,16-17H,9H2,(H,20,21)(H,22,23). The SMILES string of the molecule is O=C(O)C1C2C=CC(C2)C1C(=O)Nc1ccc2ccccc2c1. The second-order valence-electron chi connectivity index (χ2n) is 6.39. The van der Waals surface area contributed by atoms with Crippen LogP contribution in [0, 0.1) is 23.7 Å². The van der Waals surface area contributed by atoms with Crippen LogP contribution in [0.3, 0.4) is 0 Å². The molecule has 23 heavy (non-hydrogen) atoms. The lowest BCUT2D eigenvalue weighted by Crippen LogP contribution is -2.36. The van der Waals surface area contributed by atoms with Gasteiger partial charge in [0.1, 0.15) is 0 Å². The van der Waals surface area contributed by atoms with E-state index in [4.69, 9.17) is 0 Å². The number of allylic oxidation sites excluding steroid dienone is 2. The van der Waals surface area contributed by atoms with Crippen molar-refractivity contribution in [2.75, 3.05) is 5.32 Å². The summed E-state index contributed by atoms with van der Waals surface area (Å²) in [6.07, 6.45) is 4.71. The van der Waals surface area contributed by atoms with E-state index in [-0.39, 0.29) is 17.7 Å². The third-order valence-electron chi connectivity index (χ3n) is 5.06. The normalized spacial score (nSPS) is 28.2. The van der Waals surface area contributed by atoms with Crippen LogP contribution in [0.1, 0.15) is 6.42 Å². The number of amides is 1. The summed E-state index contributed by atoms with van der Waals surface area (Å²) in [7, 11) is 0. The van der Waals surface area contributed by atoms with Gasteiger partial charge in [0.2, 0.25) is 5.91 Å². The van der Waals surface area contributed by atoms with E-state index >= 15 is 0 Å². The number of carboxylic acids is 1. The van der Waals surface area contributed by atoms with Crippen LogP contribution in [0.5, 0.6) is 0 Å². The van der Waals surface area contributed by atoms with Crippen molar-refractivity contribution in [3.05, 3.63) is 54.6 Å². The van der Waals surface area contributed by atoms with Gasteiger partial charge in [-0.05, 0) is 41.2 Å². The minimum absolute atomic E-state index is 0.00939. The van der Waals surface area contributed by atoms with Crippen LogP contribution < -0.4 is 5.32 Å². The van der Waals surface area contributed by atoms with Crippen LogP contribution in [0.15, 0.2) is 54.6 Å². The molecule has 2 aromatic rings. The zero-order valence-electron chi connectivity index (χ0n) is 12.5. The lowest BCUT2D eigenvalue weighted by molar-refractivity contribution is -0.146. The molecule has 0 spiro atoms. The van der Waals surface area contributed by atoms with Gasteiger partial charge in [-0.2, -0.15) is 0 Å². The number of carboxylic acid groups (broad SMARTS) is 1. The largest absolute Gasteiger partial charge is 0.481 e. The highest BCUT2D eigenvalue weighted by Crippen LogP contribution is 2.48. The summed E-state index contributed by atoms with van der Waals surface area (Å²) >= 11 is 0. The fourth-order valence-corrected chi connectivity index (χ4v) is 4.01. The van der Waals surface area contributed by atoms with Gasteiger partial charge in [0.25, 0.3) is 0 Å². The number of aliphatic carboxylic acids is 1. The Morgan fingerprint density at radius 2 is 1.65 bits per heavy atom. The van der Waals surface area contributed by atoms with Crippen LogP contribution in [-0.4, -0.2) is 17.0 Å². The highest BCUT2D eigenvalue weighted by molar-refractivity contribution is 5.98. The number of fused-ring (bicyclic) bond motifs is 3. The van der Waals surface area contributed by atoms with Gasteiger partial charge in [0.15, 0.2) is 0 Å². The van der Waals surface area contributed by atoms with E-state index < -0.39 is 17.8 Å². The summed E-state index contributed by atoms with van der Waals surface area (Å²) in [5.74, 6) is -2.11. The van der Waals surface area contributed by atoms with E-state index in [9.17, 15) is 14.7 Å². The number of carbonyl (C=O) groups excluding carboxylic acids is 1. The molecule has 2 aliphatic carbocycles. The molecule has 1 amide bonds. The fraction of sp³-hybridized carbons (Fsp3) is 0.263. The van der Waals surface area contributed by atoms with E-state index in [2.05, 4.69) is 5.32 Å².